The Morgan fingerprint density at radius 2 is 1.45 bits per heavy atom. The highest BCUT2D eigenvalue weighted by atomic mass is 16.2. The molecular weight excluding hydrogens is 420 g/mol. The molecule has 7 N–H and O–H groups in total. The van der Waals surface area contributed by atoms with Crippen molar-refractivity contribution in [2.24, 2.45) is 11.5 Å². The van der Waals surface area contributed by atoms with Crippen molar-refractivity contribution < 1.29 is 14.4 Å². The van der Waals surface area contributed by atoms with Gasteiger partial charge in [-0.25, -0.2) is 0 Å². The molecular formula is C24H40N6O3. The van der Waals surface area contributed by atoms with E-state index in [1.807, 2.05) is 0 Å². The van der Waals surface area contributed by atoms with Crippen LogP contribution in [0, 0.1) is 0 Å². The first-order valence-electron chi connectivity index (χ1n) is 12.2. The van der Waals surface area contributed by atoms with Gasteiger partial charge in [-0.15, -0.1) is 0 Å². The second kappa shape index (κ2) is 15.5. The van der Waals surface area contributed by atoms with Crippen LogP contribution in [0.15, 0.2) is 24.3 Å². The highest BCUT2D eigenvalue weighted by Crippen LogP contribution is 2.22. The Labute approximate surface area is 197 Å². The number of imide groups is 1. The molecule has 0 radical (unpaired) electrons. The molecule has 1 aromatic rings. The van der Waals surface area contributed by atoms with Crippen molar-refractivity contribution in [1.82, 2.24) is 20.9 Å². The summed E-state index contributed by atoms with van der Waals surface area (Å²) in [5, 5.41) is 9.66. The summed E-state index contributed by atoms with van der Waals surface area (Å²) in [4.78, 5) is 38.7. The van der Waals surface area contributed by atoms with Gasteiger partial charge in [-0.05, 0) is 89.8 Å². The zero-order valence-corrected chi connectivity index (χ0v) is 19.6. The Morgan fingerprint density at radius 3 is 2.12 bits per heavy atom. The number of carbonyl (C=O) groups excluding carboxylic acids is 3. The largest absolute Gasteiger partial charge is 0.355 e. The van der Waals surface area contributed by atoms with Crippen molar-refractivity contribution in [3.63, 3.8) is 0 Å². The third kappa shape index (κ3) is 8.85. The Bertz CT molecular complexity index is 722. The van der Waals surface area contributed by atoms with Crippen LogP contribution in [-0.4, -0.2) is 74.5 Å². The van der Waals surface area contributed by atoms with Gasteiger partial charge < -0.3 is 27.4 Å². The van der Waals surface area contributed by atoms with E-state index in [1.165, 1.54) is 4.90 Å². The minimum atomic E-state index is -0.230. The van der Waals surface area contributed by atoms with Crippen LogP contribution in [0.3, 0.4) is 0 Å². The second-order valence-electron chi connectivity index (χ2n) is 8.34. The lowest BCUT2D eigenvalue weighted by atomic mass is 10.1. The lowest BCUT2D eigenvalue weighted by molar-refractivity contribution is -0.123. The van der Waals surface area contributed by atoms with Crippen LogP contribution >= 0.6 is 0 Å². The van der Waals surface area contributed by atoms with Crippen LogP contribution in [0.4, 0.5) is 0 Å². The molecule has 1 aromatic carbocycles. The summed E-state index contributed by atoms with van der Waals surface area (Å²) < 4.78 is 0. The van der Waals surface area contributed by atoms with Crippen LogP contribution in [0.2, 0.25) is 0 Å². The van der Waals surface area contributed by atoms with Crippen molar-refractivity contribution in [2.75, 3.05) is 45.8 Å². The summed E-state index contributed by atoms with van der Waals surface area (Å²) >= 11 is 0. The number of nitrogens with two attached hydrogens (primary N) is 2. The zero-order valence-electron chi connectivity index (χ0n) is 19.6. The predicted molar refractivity (Wildman–Crippen MR) is 130 cm³/mol. The van der Waals surface area contributed by atoms with Gasteiger partial charge >= 0.3 is 0 Å². The summed E-state index contributed by atoms with van der Waals surface area (Å²) in [5.74, 6) is -0.421. The van der Waals surface area contributed by atoms with Gasteiger partial charge in [0, 0.05) is 13.1 Å². The SMILES string of the molecule is NCCCNCCCC(NCCCN)C(=O)NCCCCCN1C(=O)c2ccccc2C1=O. The van der Waals surface area contributed by atoms with E-state index in [9.17, 15) is 14.4 Å². The third-order valence-electron chi connectivity index (χ3n) is 5.73. The average Bonchev–Trinajstić information content (AvgIpc) is 3.07. The number of hydrogen-bond acceptors (Lipinski definition) is 7. The number of carbonyl (C=O) groups is 3. The summed E-state index contributed by atoms with van der Waals surface area (Å²) in [6.07, 6.45) is 5.77. The van der Waals surface area contributed by atoms with E-state index in [1.54, 1.807) is 24.3 Å². The highest BCUT2D eigenvalue weighted by molar-refractivity contribution is 6.21. The van der Waals surface area contributed by atoms with E-state index < -0.39 is 0 Å². The highest BCUT2D eigenvalue weighted by Gasteiger charge is 2.34. The van der Waals surface area contributed by atoms with Gasteiger partial charge in [0.25, 0.3) is 11.8 Å². The van der Waals surface area contributed by atoms with Crippen molar-refractivity contribution in [2.45, 2.75) is 51.0 Å². The summed E-state index contributed by atoms with van der Waals surface area (Å²) in [6, 6.07) is 6.70. The fraction of sp³-hybridized carbons (Fsp3) is 0.625. The molecule has 0 saturated heterocycles. The van der Waals surface area contributed by atoms with Crippen molar-refractivity contribution >= 4 is 17.7 Å². The molecule has 9 heteroatoms. The van der Waals surface area contributed by atoms with E-state index in [4.69, 9.17) is 11.5 Å². The van der Waals surface area contributed by atoms with Crippen LogP contribution in [0.1, 0.15) is 65.7 Å². The fourth-order valence-corrected chi connectivity index (χ4v) is 3.84. The van der Waals surface area contributed by atoms with Gasteiger partial charge in [-0.3, -0.25) is 19.3 Å². The molecule has 1 heterocycles. The Kier molecular flexibility index (Phi) is 12.6. The third-order valence-corrected chi connectivity index (χ3v) is 5.73. The minimum Gasteiger partial charge on any atom is -0.355 e. The van der Waals surface area contributed by atoms with Gasteiger partial charge in [0.15, 0.2) is 0 Å². The molecule has 0 spiro atoms. The molecule has 0 aliphatic carbocycles. The first kappa shape index (κ1) is 26.9. The van der Waals surface area contributed by atoms with E-state index >= 15 is 0 Å². The van der Waals surface area contributed by atoms with Gasteiger partial charge in [-0.2, -0.15) is 0 Å². The number of rotatable bonds is 18. The van der Waals surface area contributed by atoms with Crippen molar-refractivity contribution in [3.8, 4) is 0 Å². The van der Waals surface area contributed by atoms with E-state index in [0.717, 1.165) is 58.2 Å². The fourth-order valence-electron chi connectivity index (χ4n) is 3.84. The first-order chi connectivity index (χ1) is 16.1. The maximum atomic E-state index is 12.6. The Balaban J connectivity index is 1.63. The van der Waals surface area contributed by atoms with Crippen molar-refractivity contribution in [3.05, 3.63) is 35.4 Å². The molecule has 2 rings (SSSR count). The molecule has 1 atom stereocenters. The maximum Gasteiger partial charge on any atom is 0.261 e. The summed E-state index contributed by atoms with van der Waals surface area (Å²) in [7, 11) is 0. The number of amides is 3. The van der Waals surface area contributed by atoms with Crippen LogP contribution < -0.4 is 27.4 Å². The lowest BCUT2D eigenvalue weighted by Gasteiger charge is -2.19. The molecule has 0 saturated carbocycles. The Hall–Kier alpha value is -2.33. The summed E-state index contributed by atoms with van der Waals surface area (Å²) in [5.41, 5.74) is 12.0. The number of nitrogens with one attached hydrogen (secondary N) is 3. The Morgan fingerprint density at radius 1 is 0.818 bits per heavy atom. The molecule has 9 nitrogen and oxygen atoms in total. The molecule has 33 heavy (non-hydrogen) atoms. The summed E-state index contributed by atoms with van der Waals surface area (Å²) in [6.45, 7) is 4.72. The molecule has 1 unspecified atom stereocenters. The van der Waals surface area contributed by atoms with Crippen molar-refractivity contribution in [1.29, 1.82) is 0 Å². The molecule has 184 valence electrons. The molecule has 1 aliphatic heterocycles. The standard InChI is InChI=1S/C24H40N6O3/c25-12-7-15-27-14-6-11-21(28-17-8-13-26)22(31)29-16-4-1-5-18-30-23(32)19-9-2-3-10-20(19)24(30)33/h2-3,9-10,21,27-28H,1,4-8,11-18,25-26H2,(H,29,31). The smallest absolute Gasteiger partial charge is 0.261 e. The molecule has 0 bridgehead atoms. The van der Waals surface area contributed by atoms with Crippen LogP contribution in [-0.2, 0) is 4.79 Å². The molecule has 1 aliphatic rings. The van der Waals surface area contributed by atoms with E-state index in [2.05, 4.69) is 16.0 Å². The molecule has 0 aromatic heterocycles. The predicted octanol–water partition coefficient (Wildman–Crippen LogP) is 0.595. The molecule has 0 fully saturated rings. The maximum absolute atomic E-state index is 12.6. The lowest BCUT2D eigenvalue weighted by Crippen LogP contribution is -2.45. The number of hydrogen-bond donors (Lipinski definition) is 5. The normalized spacial score (nSPS) is 13.9. The van der Waals surface area contributed by atoms with Gasteiger partial charge in [0.05, 0.1) is 17.2 Å². The number of unbranched alkanes of at least 4 members (excludes halogenated alkanes) is 2. The zero-order chi connectivity index (χ0) is 23.9. The second-order valence-corrected chi connectivity index (χ2v) is 8.34. The first-order valence-corrected chi connectivity index (χ1v) is 12.2. The average molecular weight is 461 g/mol. The quantitative estimate of drug-likeness (QED) is 0.159. The molecule has 3 amide bonds. The van der Waals surface area contributed by atoms with Crippen LogP contribution in [0.25, 0.3) is 0 Å². The van der Waals surface area contributed by atoms with Gasteiger partial charge in [0.2, 0.25) is 5.91 Å². The topological polar surface area (TPSA) is 143 Å². The number of benzene rings is 1. The van der Waals surface area contributed by atoms with Gasteiger partial charge in [-0.1, -0.05) is 12.1 Å². The van der Waals surface area contributed by atoms with E-state index in [0.29, 0.717) is 43.7 Å². The van der Waals surface area contributed by atoms with Crippen LogP contribution in [0.5, 0.6) is 0 Å². The monoisotopic (exact) mass is 460 g/mol. The van der Waals surface area contributed by atoms with Gasteiger partial charge in [0.1, 0.15) is 0 Å². The number of fused-ring (bicyclic) bond motifs is 1. The number of nitrogens with zero attached hydrogens (tertiary/aromatic N) is 1. The van der Waals surface area contributed by atoms with E-state index in [-0.39, 0.29) is 23.8 Å². The minimum absolute atomic E-state index is 0.00864.